The first-order valence-electron chi connectivity index (χ1n) is 21.0. The molecule has 5 heteroatoms. The lowest BCUT2D eigenvalue weighted by atomic mass is 9.99. The van der Waals surface area contributed by atoms with E-state index in [1.54, 1.807) is 0 Å². The summed E-state index contributed by atoms with van der Waals surface area (Å²) in [6.07, 6.45) is 0. The SMILES string of the molecule is [2H]c1c([2H])c([2H])c(-c2nc(-c3ccccc3)nc(-n3c4ccccc4c4ccc5c6ccccc6n(-c6cccc(-c7cccc(-c8ccccc8)c7)c6)c5c43)n2)c([2H])c1[2H]. The number of rotatable bonds is 6. The van der Waals surface area contributed by atoms with E-state index in [0.717, 1.165) is 71.6 Å². The number of aromatic nitrogens is 5. The summed E-state index contributed by atoms with van der Waals surface area (Å²) in [5.74, 6) is 0.527. The third kappa shape index (κ3) is 5.21. The zero-order valence-electron chi connectivity index (χ0n) is 34.9. The number of fused-ring (bicyclic) bond motifs is 7. The van der Waals surface area contributed by atoms with Crippen LogP contribution in [-0.2, 0) is 0 Å². The summed E-state index contributed by atoms with van der Waals surface area (Å²) in [6, 6.07) is 55.7. The fourth-order valence-corrected chi connectivity index (χ4v) is 7.96. The first kappa shape index (κ1) is 27.0. The lowest BCUT2D eigenvalue weighted by molar-refractivity contribution is 0.953. The Morgan fingerprint density at radius 1 is 0.357 bits per heavy atom. The molecule has 0 aliphatic heterocycles. The molecule has 56 heavy (non-hydrogen) atoms. The van der Waals surface area contributed by atoms with Crippen molar-refractivity contribution < 1.29 is 6.85 Å². The number of benzene rings is 8. The Balaban J connectivity index is 1.23. The summed E-state index contributed by atoms with van der Waals surface area (Å²) in [5.41, 5.74) is 9.68. The summed E-state index contributed by atoms with van der Waals surface area (Å²) in [4.78, 5) is 14.9. The van der Waals surface area contributed by atoms with Crippen molar-refractivity contribution >= 4 is 43.6 Å². The normalized spacial score (nSPS) is 12.8. The molecule has 0 fully saturated rings. The summed E-state index contributed by atoms with van der Waals surface area (Å²) in [7, 11) is 0. The molecule has 0 unspecified atom stereocenters. The fourth-order valence-electron chi connectivity index (χ4n) is 7.96. The molecule has 3 heterocycles. The van der Waals surface area contributed by atoms with Crippen LogP contribution in [-0.4, -0.2) is 24.1 Å². The maximum Gasteiger partial charge on any atom is 0.238 e. The van der Waals surface area contributed by atoms with E-state index in [4.69, 9.17) is 21.8 Å². The topological polar surface area (TPSA) is 48.5 Å². The molecule has 5 nitrogen and oxygen atoms in total. The van der Waals surface area contributed by atoms with E-state index < -0.39 is 18.1 Å². The second-order valence-electron chi connectivity index (χ2n) is 13.7. The van der Waals surface area contributed by atoms with Crippen LogP contribution < -0.4 is 0 Å². The molecule has 0 atom stereocenters. The van der Waals surface area contributed by atoms with Crippen LogP contribution in [0, 0.1) is 0 Å². The number of hydrogen-bond donors (Lipinski definition) is 0. The number of nitrogens with zero attached hydrogens (tertiary/aromatic N) is 5. The van der Waals surface area contributed by atoms with Gasteiger partial charge in [0.05, 0.1) is 28.9 Å². The van der Waals surface area contributed by atoms with Gasteiger partial charge in [-0.3, -0.25) is 4.57 Å². The van der Waals surface area contributed by atoms with Gasteiger partial charge in [0.2, 0.25) is 5.95 Å². The maximum absolute atomic E-state index is 8.90. The number of para-hydroxylation sites is 2. The van der Waals surface area contributed by atoms with Gasteiger partial charge in [-0.05, 0) is 52.6 Å². The highest BCUT2D eigenvalue weighted by Crippen LogP contribution is 2.42. The molecule has 0 radical (unpaired) electrons. The van der Waals surface area contributed by atoms with E-state index in [1.165, 1.54) is 0 Å². The molecule has 0 spiro atoms. The van der Waals surface area contributed by atoms with Gasteiger partial charge in [0.15, 0.2) is 11.6 Å². The van der Waals surface area contributed by atoms with Gasteiger partial charge in [-0.25, -0.2) is 4.98 Å². The van der Waals surface area contributed by atoms with Gasteiger partial charge in [-0.1, -0.05) is 170 Å². The summed E-state index contributed by atoms with van der Waals surface area (Å²) in [5, 5.41) is 4.07. The molecule has 11 rings (SSSR count). The van der Waals surface area contributed by atoms with Crippen LogP contribution in [0.25, 0.3) is 100 Å². The fraction of sp³-hybridized carbons (Fsp3) is 0. The molecule has 0 N–H and O–H groups in total. The summed E-state index contributed by atoms with van der Waals surface area (Å²) >= 11 is 0. The lowest BCUT2D eigenvalue weighted by Gasteiger charge is -2.14. The van der Waals surface area contributed by atoms with Crippen molar-refractivity contribution in [2.75, 3.05) is 0 Å². The molecular formula is C51H33N5. The van der Waals surface area contributed by atoms with E-state index in [-0.39, 0.29) is 29.4 Å². The van der Waals surface area contributed by atoms with Gasteiger partial charge < -0.3 is 4.57 Å². The van der Waals surface area contributed by atoms with Crippen LogP contribution in [0.1, 0.15) is 6.85 Å². The highest BCUT2D eigenvalue weighted by molar-refractivity contribution is 6.23. The highest BCUT2D eigenvalue weighted by atomic mass is 15.2. The van der Waals surface area contributed by atoms with E-state index in [0.29, 0.717) is 11.4 Å². The molecule has 0 saturated carbocycles. The van der Waals surface area contributed by atoms with Crippen molar-refractivity contribution in [1.82, 2.24) is 24.1 Å². The largest absolute Gasteiger partial charge is 0.307 e. The zero-order valence-corrected chi connectivity index (χ0v) is 29.9. The molecule has 0 bridgehead atoms. The predicted molar refractivity (Wildman–Crippen MR) is 230 cm³/mol. The van der Waals surface area contributed by atoms with Crippen molar-refractivity contribution in [1.29, 1.82) is 0 Å². The molecule has 8 aromatic carbocycles. The zero-order chi connectivity index (χ0) is 41.4. The highest BCUT2D eigenvalue weighted by Gasteiger charge is 2.23. The molecule has 262 valence electrons. The Labute approximate surface area is 330 Å². The minimum atomic E-state index is -0.484. The average Bonchev–Trinajstić information content (AvgIpc) is 3.84. The second kappa shape index (κ2) is 13.0. The smallest absolute Gasteiger partial charge is 0.238 e. The molecule has 0 amide bonds. The third-order valence-corrected chi connectivity index (χ3v) is 10.5. The van der Waals surface area contributed by atoms with Gasteiger partial charge in [0.1, 0.15) is 0 Å². The van der Waals surface area contributed by atoms with Gasteiger partial charge in [-0.2, -0.15) is 9.97 Å². The minimum absolute atomic E-state index is 0.0232. The van der Waals surface area contributed by atoms with E-state index >= 15 is 0 Å². The average molecular weight is 721 g/mol. The van der Waals surface area contributed by atoms with Crippen LogP contribution in [0.2, 0.25) is 0 Å². The Kier molecular flexibility index (Phi) is 6.29. The van der Waals surface area contributed by atoms with Crippen molar-refractivity contribution in [3.63, 3.8) is 0 Å². The van der Waals surface area contributed by atoms with Crippen LogP contribution in [0.5, 0.6) is 0 Å². The van der Waals surface area contributed by atoms with Gasteiger partial charge in [-0.15, -0.1) is 0 Å². The summed E-state index contributed by atoms with van der Waals surface area (Å²) < 4.78 is 47.4. The van der Waals surface area contributed by atoms with Crippen LogP contribution in [0.3, 0.4) is 0 Å². The third-order valence-electron chi connectivity index (χ3n) is 10.5. The predicted octanol–water partition coefficient (Wildman–Crippen LogP) is 12.7. The second-order valence-corrected chi connectivity index (χ2v) is 13.7. The van der Waals surface area contributed by atoms with Crippen LogP contribution in [0.4, 0.5) is 0 Å². The molecule has 0 aliphatic rings. The van der Waals surface area contributed by atoms with Crippen LogP contribution >= 0.6 is 0 Å². The summed E-state index contributed by atoms with van der Waals surface area (Å²) in [6.45, 7) is 0. The Bertz CT molecular complexity index is 3520. The Morgan fingerprint density at radius 3 is 1.54 bits per heavy atom. The van der Waals surface area contributed by atoms with E-state index in [9.17, 15) is 0 Å². The van der Waals surface area contributed by atoms with E-state index in [2.05, 4.69) is 120 Å². The first-order valence-corrected chi connectivity index (χ1v) is 18.5. The van der Waals surface area contributed by atoms with Crippen molar-refractivity contribution in [3.8, 4) is 56.7 Å². The van der Waals surface area contributed by atoms with Crippen molar-refractivity contribution in [3.05, 3.63) is 200 Å². The van der Waals surface area contributed by atoms with Crippen LogP contribution in [0.15, 0.2) is 200 Å². The lowest BCUT2D eigenvalue weighted by Crippen LogP contribution is -2.07. The standard InChI is InChI=1S/C51H33N5/c1-4-16-34(17-5-1)37-22-14-23-38(32-37)39-24-15-25-40(33-39)55-45-28-12-10-26-41(45)43-30-31-44-42-27-11-13-29-46(42)56(48(44)47(43)55)51-53-49(35-18-6-2-7-19-35)52-50(54-51)36-20-8-3-9-21-36/h1-33H/i2D,6D,7D,18D,19D. The molecule has 0 saturated heterocycles. The Hall–Kier alpha value is -7.63. The van der Waals surface area contributed by atoms with Gasteiger partial charge in [0.25, 0.3) is 0 Å². The van der Waals surface area contributed by atoms with Gasteiger partial charge in [0, 0.05) is 38.4 Å². The molecule has 11 aromatic rings. The molecule has 0 aliphatic carbocycles. The van der Waals surface area contributed by atoms with Gasteiger partial charge >= 0.3 is 0 Å². The Morgan fingerprint density at radius 2 is 0.857 bits per heavy atom. The molecule has 3 aromatic heterocycles. The van der Waals surface area contributed by atoms with Crippen molar-refractivity contribution in [2.24, 2.45) is 0 Å². The monoisotopic (exact) mass is 720 g/mol. The van der Waals surface area contributed by atoms with E-state index in [1.807, 2.05) is 59.2 Å². The maximum atomic E-state index is 8.90. The van der Waals surface area contributed by atoms with Crippen molar-refractivity contribution in [2.45, 2.75) is 0 Å². The minimum Gasteiger partial charge on any atom is -0.307 e. The first-order chi connectivity index (χ1) is 29.9. The number of hydrogen-bond acceptors (Lipinski definition) is 3. The molecular weight excluding hydrogens is 683 g/mol. The quantitative estimate of drug-likeness (QED) is 0.172.